The summed E-state index contributed by atoms with van der Waals surface area (Å²) < 4.78 is 124. The van der Waals surface area contributed by atoms with E-state index in [1.807, 2.05) is 0 Å². The lowest BCUT2D eigenvalue weighted by atomic mass is 10.0. The summed E-state index contributed by atoms with van der Waals surface area (Å²) in [5.41, 5.74) is -1.98. The molecule has 23 heteroatoms. The molecule has 14 nitrogen and oxygen atoms in total. The predicted molar refractivity (Wildman–Crippen MR) is 173 cm³/mol. The third kappa shape index (κ3) is 8.43. The molecule has 1 unspecified atom stereocenters. The summed E-state index contributed by atoms with van der Waals surface area (Å²) >= 11 is 6.47. The van der Waals surface area contributed by atoms with Crippen molar-refractivity contribution in [3.63, 3.8) is 0 Å². The van der Waals surface area contributed by atoms with Crippen molar-refractivity contribution < 1.29 is 58.6 Å². The lowest BCUT2D eigenvalue weighted by Gasteiger charge is -2.22. The van der Waals surface area contributed by atoms with Gasteiger partial charge in [-0.3, -0.25) is 18.8 Å². The van der Waals surface area contributed by atoms with Crippen LogP contribution in [0.15, 0.2) is 47.3 Å². The number of pyridine rings is 1. The lowest BCUT2D eigenvalue weighted by molar-refractivity contribution is -0.290. The Bertz CT molecular complexity index is 2440. The van der Waals surface area contributed by atoms with Gasteiger partial charge in [-0.05, 0) is 35.9 Å². The molecule has 5 aromatic rings. The number of halogens is 8. The average molecular weight is 794 g/mol. The highest BCUT2D eigenvalue weighted by Gasteiger charge is 2.58. The van der Waals surface area contributed by atoms with E-state index in [-0.39, 0.29) is 33.0 Å². The fourth-order valence-corrected chi connectivity index (χ4v) is 6.00. The number of amides is 2. The van der Waals surface area contributed by atoms with Gasteiger partial charge < -0.3 is 20.5 Å². The smallest absolute Gasteiger partial charge is 0.456 e. The van der Waals surface area contributed by atoms with Crippen LogP contribution in [0.2, 0.25) is 5.02 Å². The number of anilines is 1. The zero-order valence-corrected chi connectivity index (χ0v) is 28.4. The van der Waals surface area contributed by atoms with Crippen LogP contribution < -0.4 is 20.9 Å². The average Bonchev–Trinajstić information content (AvgIpc) is 3.34. The van der Waals surface area contributed by atoms with Gasteiger partial charge >= 0.3 is 18.2 Å². The maximum Gasteiger partial charge on any atom is 0.456 e. The summed E-state index contributed by atoms with van der Waals surface area (Å²) in [4.78, 5) is 46.9. The van der Waals surface area contributed by atoms with E-state index in [1.54, 1.807) is 0 Å². The van der Waals surface area contributed by atoms with E-state index in [4.69, 9.17) is 11.6 Å². The van der Waals surface area contributed by atoms with E-state index >= 15 is 0 Å². The van der Waals surface area contributed by atoms with Crippen LogP contribution in [0.5, 0.6) is 5.88 Å². The van der Waals surface area contributed by atoms with Crippen molar-refractivity contribution in [3.05, 3.63) is 80.9 Å². The quantitative estimate of drug-likeness (QED) is 0.158. The maximum absolute atomic E-state index is 14.3. The van der Waals surface area contributed by atoms with Gasteiger partial charge in [0.1, 0.15) is 23.2 Å². The number of carbonyl (C=O) groups excluding carboxylic acids is 1. The van der Waals surface area contributed by atoms with Crippen LogP contribution in [-0.2, 0) is 28.1 Å². The Morgan fingerprint density at radius 2 is 1.70 bits per heavy atom. The zero-order chi connectivity index (χ0) is 39.2. The molecule has 0 fully saturated rings. The molecule has 1 atom stereocenters. The van der Waals surface area contributed by atoms with Gasteiger partial charge in [-0.15, -0.1) is 0 Å². The summed E-state index contributed by atoms with van der Waals surface area (Å²) in [5, 5.41) is 17.9. The first-order valence-corrected chi connectivity index (χ1v) is 17.1. The SMILES string of the molecule is Cn1nc(NC(=O)CS(C)(=O)=O)c2c(Cl)ccc(-n3c(C(Cc4cc(F)cc(F)c4)NC(=O)O)nc4nc(OCC(F)(F)C(F)(F)F)ccc4c3=O)c21. The molecular weight excluding hydrogens is 771 g/mol. The largest absolute Gasteiger partial charge is 0.471 e. The molecule has 282 valence electrons. The van der Waals surface area contributed by atoms with Crippen molar-refractivity contribution >= 4 is 61.2 Å². The predicted octanol–water partition coefficient (Wildman–Crippen LogP) is 4.71. The summed E-state index contributed by atoms with van der Waals surface area (Å²) in [6.45, 7) is -2.19. The van der Waals surface area contributed by atoms with Crippen molar-refractivity contribution in [2.45, 2.75) is 24.6 Å². The molecule has 2 aromatic carbocycles. The molecule has 0 radical (unpaired) electrons. The molecule has 2 amide bonds. The van der Waals surface area contributed by atoms with Crippen LogP contribution in [-0.4, -0.2) is 80.6 Å². The van der Waals surface area contributed by atoms with Gasteiger partial charge in [0.05, 0.1) is 33.0 Å². The van der Waals surface area contributed by atoms with Gasteiger partial charge in [-0.1, -0.05) is 11.6 Å². The number of hydrogen-bond acceptors (Lipinski definition) is 9. The number of rotatable bonds is 11. The first kappa shape index (κ1) is 38.7. The van der Waals surface area contributed by atoms with Gasteiger partial charge in [0.25, 0.3) is 5.56 Å². The first-order chi connectivity index (χ1) is 24.5. The third-order valence-electron chi connectivity index (χ3n) is 7.33. The Hall–Kier alpha value is -5.51. The Kier molecular flexibility index (Phi) is 10.3. The number of benzene rings is 2. The third-order valence-corrected chi connectivity index (χ3v) is 8.43. The Balaban J connectivity index is 1.77. The number of carbonyl (C=O) groups is 2. The Labute approximate surface area is 297 Å². The molecule has 0 bridgehead atoms. The first-order valence-electron chi connectivity index (χ1n) is 14.6. The van der Waals surface area contributed by atoms with E-state index in [2.05, 4.69) is 30.4 Å². The van der Waals surface area contributed by atoms with Gasteiger partial charge in [0, 0.05) is 31.9 Å². The molecule has 0 saturated carbocycles. The molecule has 0 spiro atoms. The molecule has 3 N–H and O–H groups in total. The number of aryl methyl sites for hydroxylation is 1. The van der Waals surface area contributed by atoms with E-state index in [0.717, 1.165) is 39.8 Å². The van der Waals surface area contributed by atoms with Crippen molar-refractivity contribution in [2.75, 3.05) is 23.9 Å². The van der Waals surface area contributed by atoms with Crippen LogP contribution in [0.1, 0.15) is 17.4 Å². The van der Waals surface area contributed by atoms with Crippen molar-refractivity contribution in [1.29, 1.82) is 0 Å². The minimum absolute atomic E-state index is 0.0233. The number of nitrogens with zero attached hydrogens (tertiary/aromatic N) is 5. The van der Waals surface area contributed by atoms with Crippen molar-refractivity contribution in [2.24, 2.45) is 7.05 Å². The van der Waals surface area contributed by atoms with Crippen LogP contribution in [0.25, 0.3) is 27.6 Å². The molecular formula is C30H23ClF7N7O7S. The van der Waals surface area contributed by atoms with Crippen molar-refractivity contribution in [3.8, 4) is 11.6 Å². The molecule has 0 aliphatic carbocycles. The van der Waals surface area contributed by atoms with Crippen molar-refractivity contribution in [1.82, 2.24) is 29.6 Å². The minimum atomic E-state index is -5.97. The molecule has 5 rings (SSSR count). The topological polar surface area (TPSA) is 187 Å². The van der Waals surface area contributed by atoms with Gasteiger partial charge in [0.15, 0.2) is 27.9 Å². The number of carboxylic acid groups (broad SMARTS) is 1. The highest BCUT2D eigenvalue weighted by atomic mass is 35.5. The molecule has 0 aliphatic rings. The summed E-state index contributed by atoms with van der Waals surface area (Å²) in [7, 11) is -2.45. The minimum Gasteiger partial charge on any atom is -0.471 e. The number of sulfone groups is 1. The maximum atomic E-state index is 14.3. The van der Waals surface area contributed by atoms with E-state index in [9.17, 15) is 58.6 Å². The number of ether oxygens (including phenoxy) is 1. The highest BCUT2D eigenvalue weighted by molar-refractivity contribution is 7.91. The summed E-state index contributed by atoms with van der Waals surface area (Å²) in [5.74, 6) is -10.9. The molecule has 0 aliphatic heterocycles. The second kappa shape index (κ2) is 14.1. The molecule has 0 saturated heterocycles. The van der Waals surface area contributed by atoms with Crippen LogP contribution in [0, 0.1) is 11.6 Å². The zero-order valence-electron chi connectivity index (χ0n) is 26.8. The van der Waals surface area contributed by atoms with Gasteiger partial charge in [-0.25, -0.2) is 27.0 Å². The van der Waals surface area contributed by atoms with Crippen LogP contribution in [0.3, 0.4) is 0 Å². The Morgan fingerprint density at radius 1 is 1.04 bits per heavy atom. The summed E-state index contributed by atoms with van der Waals surface area (Å²) in [6, 6.07) is 4.85. The second-order valence-electron chi connectivity index (χ2n) is 11.5. The molecule has 53 heavy (non-hydrogen) atoms. The van der Waals surface area contributed by atoms with E-state index in [0.29, 0.717) is 6.07 Å². The fourth-order valence-electron chi connectivity index (χ4n) is 5.21. The molecule has 3 heterocycles. The summed E-state index contributed by atoms with van der Waals surface area (Å²) in [6.07, 6.45) is -7.45. The Morgan fingerprint density at radius 3 is 2.30 bits per heavy atom. The lowest BCUT2D eigenvalue weighted by Crippen LogP contribution is -2.41. The van der Waals surface area contributed by atoms with Crippen LogP contribution >= 0.6 is 11.6 Å². The monoisotopic (exact) mass is 793 g/mol. The highest BCUT2D eigenvalue weighted by Crippen LogP contribution is 2.37. The molecule has 3 aromatic heterocycles. The standard InChI is InChI=1S/C30H23ClF7N7O7S/c1-44-23-19(5-4-17(31)22(23)25(43-44)40-20(46)11-53(2,50)51)45-26(18(39-28(48)49)9-13-7-14(32)10-15(33)8-13)42-24-16(27(45)47)3-6-21(41-24)52-12-29(34,35)30(36,37)38/h3-8,10,18,39H,9,11-12H2,1-2H3,(H,48,49)(H,40,43,46). The van der Waals surface area contributed by atoms with Crippen LogP contribution in [0.4, 0.5) is 41.3 Å². The second-order valence-corrected chi connectivity index (χ2v) is 14.0. The fraction of sp³-hybridized carbons (Fsp3) is 0.267. The number of nitrogens with one attached hydrogen (secondary N) is 2. The van der Waals surface area contributed by atoms with Gasteiger partial charge in [0.2, 0.25) is 11.8 Å². The van der Waals surface area contributed by atoms with E-state index < -0.39 is 98.7 Å². The normalized spacial score (nSPS) is 12.9. The van der Waals surface area contributed by atoms with E-state index in [1.165, 1.54) is 19.2 Å². The number of alkyl halides is 5. The number of fused-ring (bicyclic) bond motifs is 2. The number of aromatic nitrogens is 5. The van der Waals surface area contributed by atoms with Gasteiger partial charge in [-0.2, -0.15) is 32.0 Å². The number of hydrogen-bond donors (Lipinski definition) is 3.